The Kier molecular flexibility index (Phi) is 14.4. The molecule has 0 aliphatic rings. The summed E-state index contributed by atoms with van der Waals surface area (Å²) >= 11 is 0. The molecule has 4 heteroatoms. The number of unbranched alkanes of at least 4 members (excludes halogenated alkanes) is 1. The Balaban J connectivity index is 0. The smallest absolute Gasteiger partial charge is 0.142 e. The van der Waals surface area contributed by atoms with Gasteiger partial charge in [0.25, 0.3) is 0 Å². The van der Waals surface area contributed by atoms with Crippen molar-refractivity contribution in [2.75, 3.05) is 0 Å². The molecule has 0 aliphatic carbocycles. The van der Waals surface area contributed by atoms with E-state index in [2.05, 4.69) is 0 Å². The van der Waals surface area contributed by atoms with Crippen LogP contribution in [0.4, 0.5) is 0 Å². The maximum atomic E-state index is 11.2. The Morgan fingerprint density at radius 2 is 0.720 bits per heavy atom. The van der Waals surface area contributed by atoms with Gasteiger partial charge in [0.1, 0.15) is 23.1 Å². The zero-order valence-corrected chi connectivity index (χ0v) is 17.5. The molecule has 0 bridgehead atoms. The average molecular weight is 355 g/mol. The third-order valence-corrected chi connectivity index (χ3v) is 4.02. The van der Waals surface area contributed by atoms with E-state index < -0.39 is 0 Å². The molecule has 4 nitrogen and oxygen atoms in total. The lowest BCUT2D eigenvalue weighted by atomic mass is 9.98. The van der Waals surface area contributed by atoms with Crippen LogP contribution in [0.2, 0.25) is 0 Å². The van der Waals surface area contributed by atoms with Crippen LogP contribution in [0, 0.1) is 23.7 Å². The number of ketones is 4. The van der Waals surface area contributed by atoms with Gasteiger partial charge in [0.05, 0.1) is 6.42 Å². The van der Waals surface area contributed by atoms with E-state index in [1.165, 1.54) is 0 Å². The van der Waals surface area contributed by atoms with Crippen LogP contribution in [-0.4, -0.2) is 23.1 Å². The summed E-state index contributed by atoms with van der Waals surface area (Å²) in [6.07, 6.45) is 3.08. The largest absolute Gasteiger partial charge is 0.299 e. The Morgan fingerprint density at radius 3 is 0.920 bits per heavy atom. The third-order valence-electron chi connectivity index (χ3n) is 4.02. The summed E-state index contributed by atoms with van der Waals surface area (Å²) in [6.45, 7) is 14.9. The molecule has 0 aromatic heterocycles. The predicted octanol–water partition coefficient (Wildman–Crippen LogP) is 4.82. The van der Waals surface area contributed by atoms with Gasteiger partial charge in [-0.3, -0.25) is 19.2 Å². The summed E-state index contributed by atoms with van der Waals surface area (Å²) in [5.74, 6) is 0.943. The van der Waals surface area contributed by atoms with Crippen LogP contribution in [0.15, 0.2) is 0 Å². The standard InChI is InChI=1S/C12H22O2.C9H16O2/c1-9(2)11(13)7-5-6-8-12(14)10(3)4;1-6(2)8(10)5-9(11)7(3)4/h9-10H,5-8H2,1-4H3;6-7H,5H2,1-4H3. The highest BCUT2D eigenvalue weighted by atomic mass is 16.2. The van der Waals surface area contributed by atoms with Crippen molar-refractivity contribution in [2.24, 2.45) is 23.7 Å². The summed E-state index contributed by atoms with van der Waals surface area (Å²) in [7, 11) is 0. The number of Topliss-reactive ketones (excluding diaryl/α,β-unsaturated/α-hetero) is 4. The van der Waals surface area contributed by atoms with Crippen molar-refractivity contribution >= 4 is 23.1 Å². The first kappa shape index (κ1) is 25.9. The molecule has 0 N–H and O–H groups in total. The topological polar surface area (TPSA) is 68.3 Å². The monoisotopic (exact) mass is 354 g/mol. The van der Waals surface area contributed by atoms with E-state index in [0.29, 0.717) is 24.4 Å². The summed E-state index contributed by atoms with van der Waals surface area (Å²) in [6, 6.07) is 0. The summed E-state index contributed by atoms with van der Waals surface area (Å²) in [5, 5.41) is 0. The summed E-state index contributed by atoms with van der Waals surface area (Å²) in [5.41, 5.74) is 0. The van der Waals surface area contributed by atoms with Gasteiger partial charge in [-0.1, -0.05) is 55.4 Å². The molecule has 25 heavy (non-hydrogen) atoms. The first-order valence-electron chi connectivity index (χ1n) is 9.50. The minimum Gasteiger partial charge on any atom is -0.299 e. The van der Waals surface area contributed by atoms with Crippen molar-refractivity contribution in [1.29, 1.82) is 0 Å². The maximum Gasteiger partial charge on any atom is 0.142 e. The Bertz CT molecular complexity index is 391. The number of rotatable bonds is 11. The lowest BCUT2D eigenvalue weighted by Gasteiger charge is -2.05. The molecule has 0 saturated heterocycles. The zero-order valence-electron chi connectivity index (χ0n) is 17.5. The van der Waals surface area contributed by atoms with Crippen LogP contribution in [0.25, 0.3) is 0 Å². The molecular weight excluding hydrogens is 316 g/mol. The van der Waals surface area contributed by atoms with Crippen LogP contribution >= 0.6 is 0 Å². The molecule has 0 radical (unpaired) electrons. The van der Waals surface area contributed by atoms with Crippen LogP contribution in [0.5, 0.6) is 0 Å². The van der Waals surface area contributed by atoms with Gasteiger partial charge in [0.2, 0.25) is 0 Å². The highest BCUT2D eigenvalue weighted by molar-refractivity contribution is 6.00. The molecule has 0 unspecified atom stereocenters. The first-order valence-corrected chi connectivity index (χ1v) is 9.50. The highest BCUT2D eigenvalue weighted by Gasteiger charge is 2.14. The van der Waals surface area contributed by atoms with Crippen molar-refractivity contribution in [3.63, 3.8) is 0 Å². The molecule has 0 atom stereocenters. The van der Waals surface area contributed by atoms with Crippen LogP contribution in [-0.2, 0) is 19.2 Å². The van der Waals surface area contributed by atoms with E-state index in [4.69, 9.17) is 0 Å². The number of hydrogen-bond donors (Lipinski definition) is 0. The summed E-state index contributed by atoms with van der Waals surface area (Å²) in [4.78, 5) is 44.5. The second-order valence-corrected chi connectivity index (χ2v) is 7.87. The number of hydrogen-bond acceptors (Lipinski definition) is 4. The fourth-order valence-corrected chi connectivity index (χ4v) is 1.76. The molecule has 0 aliphatic heterocycles. The normalized spacial score (nSPS) is 10.9. The fraction of sp³-hybridized carbons (Fsp3) is 0.810. The van der Waals surface area contributed by atoms with Gasteiger partial charge in [0, 0.05) is 36.5 Å². The molecular formula is C21H38O4. The maximum absolute atomic E-state index is 11.2. The van der Waals surface area contributed by atoms with Gasteiger partial charge in [-0.25, -0.2) is 0 Å². The van der Waals surface area contributed by atoms with E-state index in [1.807, 2.05) is 55.4 Å². The fourth-order valence-electron chi connectivity index (χ4n) is 1.76. The summed E-state index contributed by atoms with van der Waals surface area (Å²) < 4.78 is 0. The van der Waals surface area contributed by atoms with Gasteiger partial charge in [0.15, 0.2) is 0 Å². The van der Waals surface area contributed by atoms with Gasteiger partial charge in [-0.2, -0.15) is 0 Å². The van der Waals surface area contributed by atoms with Crippen LogP contribution in [0.1, 0.15) is 87.5 Å². The lowest BCUT2D eigenvalue weighted by Crippen LogP contribution is -2.16. The van der Waals surface area contributed by atoms with Gasteiger partial charge in [-0.05, 0) is 12.8 Å². The van der Waals surface area contributed by atoms with Crippen LogP contribution < -0.4 is 0 Å². The number of carbonyl (C=O) groups excluding carboxylic acids is 4. The van der Waals surface area contributed by atoms with Crippen LogP contribution in [0.3, 0.4) is 0 Å². The van der Waals surface area contributed by atoms with Gasteiger partial charge >= 0.3 is 0 Å². The van der Waals surface area contributed by atoms with E-state index in [0.717, 1.165) is 12.8 Å². The quantitative estimate of drug-likeness (QED) is 0.394. The van der Waals surface area contributed by atoms with Crippen molar-refractivity contribution < 1.29 is 19.2 Å². The lowest BCUT2D eigenvalue weighted by molar-refractivity contribution is -0.130. The molecule has 0 spiro atoms. The Morgan fingerprint density at radius 1 is 0.480 bits per heavy atom. The number of carbonyl (C=O) groups is 4. The van der Waals surface area contributed by atoms with Gasteiger partial charge in [-0.15, -0.1) is 0 Å². The SMILES string of the molecule is CC(C)C(=O)CC(=O)C(C)C.CC(C)C(=O)CCCCC(=O)C(C)C. The highest BCUT2D eigenvalue weighted by Crippen LogP contribution is 2.09. The van der Waals surface area contributed by atoms with E-state index in [1.54, 1.807) is 0 Å². The predicted molar refractivity (Wildman–Crippen MR) is 102 cm³/mol. The first-order chi connectivity index (χ1) is 11.4. The molecule has 0 aromatic rings. The van der Waals surface area contributed by atoms with Crippen molar-refractivity contribution in [3.05, 3.63) is 0 Å². The molecule has 0 amide bonds. The molecule has 0 aromatic carbocycles. The molecule has 0 heterocycles. The van der Waals surface area contributed by atoms with E-state index in [-0.39, 0.29) is 41.7 Å². The Hall–Kier alpha value is -1.32. The second kappa shape index (κ2) is 13.9. The Labute approximate surface area is 154 Å². The van der Waals surface area contributed by atoms with Crippen molar-refractivity contribution in [2.45, 2.75) is 87.5 Å². The van der Waals surface area contributed by atoms with E-state index >= 15 is 0 Å². The average Bonchev–Trinajstić information content (AvgIpc) is 2.50. The van der Waals surface area contributed by atoms with E-state index in [9.17, 15) is 19.2 Å². The minimum absolute atomic E-state index is 0.0160. The molecule has 0 fully saturated rings. The molecule has 0 rings (SSSR count). The molecule has 146 valence electrons. The second-order valence-electron chi connectivity index (χ2n) is 7.87. The minimum atomic E-state index is -0.0160. The molecule has 0 saturated carbocycles. The van der Waals surface area contributed by atoms with Gasteiger partial charge < -0.3 is 0 Å². The van der Waals surface area contributed by atoms with Crippen molar-refractivity contribution in [1.82, 2.24) is 0 Å². The van der Waals surface area contributed by atoms with Crippen molar-refractivity contribution in [3.8, 4) is 0 Å². The zero-order chi connectivity index (χ0) is 20.2. The third kappa shape index (κ3) is 14.7.